The molecule has 2 aromatic heterocycles. The Balaban J connectivity index is -0.000000188. The number of rotatable bonds is 0. The second-order valence-electron chi connectivity index (χ2n) is 2.23. The van der Waals surface area contributed by atoms with Crippen molar-refractivity contribution >= 4 is 34.8 Å². The van der Waals surface area contributed by atoms with Gasteiger partial charge in [-0.25, -0.2) is 0 Å². The Hall–Kier alpha value is -1.59. The van der Waals surface area contributed by atoms with Gasteiger partial charge in [-0.2, -0.15) is 10.3 Å². The van der Waals surface area contributed by atoms with E-state index in [1.54, 1.807) is 24.8 Å². The molecule has 4 nitrogen and oxygen atoms in total. The van der Waals surface area contributed by atoms with Gasteiger partial charge in [0, 0.05) is 24.8 Å². The Bertz CT molecular complexity index is 331. The molecule has 0 aliphatic carbocycles. The smallest absolute Gasteiger partial charge is 0.753 e. The van der Waals surface area contributed by atoms with Crippen LogP contribution in [0.1, 0.15) is 0 Å². The molecule has 0 amide bonds. The number of thiocarbonyl (C=S) groups is 2. The van der Waals surface area contributed by atoms with Crippen molar-refractivity contribution in [3.05, 3.63) is 72.0 Å². The largest absolute Gasteiger partial charge is 3.00 e. The molecule has 0 atom stereocenters. The summed E-state index contributed by atoms with van der Waals surface area (Å²) in [7, 11) is 0. The molecule has 0 spiro atoms. The summed E-state index contributed by atoms with van der Waals surface area (Å²) in [5.74, 6) is 0. The first-order valence-electron chi connectivity index (χ1n) is 4.55. The zero-order chi connectivity index (χ0) is 13.9. The SMILES string of the molecule is [Co+3].[N-]=C=S.[N-]=C=S.c1ccncc1.c1ccncc1. The molecule has 0 radical (unpaired) electrons. The fourth-order valence-electron chi connectivity index (χ4n) is 0.625. The maximum Gasteiger partial charge on any atom is 3.00 e. The molecule has 2 heterocycles. The van der Waals surface area contributed by atoms with Crippen LogP contribution in [0.15, 0.2) is 61.2 Å². The molecule has 7 heteroatoms. The normalized spacial score (nSPS) is 5.89. The van der Waals surface area contributed by atoms with Crippen LogP contribution < -0.4 is 0 Å². The van der Waals surface area contributed by atoms with Gasteiger partial charge >= 0.3 is 16.8 Å². The third kappa shape index (κ3) is 31.4. The van der Waals surface area contributed by atoms with Crippen LogP contribution >= 0.6 is 24.4 Å². The van der Waals surface area contributed by atoms with Gasteiger partial charge in [0.05, 0.1) is 0 Å². The Morgan fingerprint density at radius 1 is 0.632 bits per heavy atom. The minimum atomic E-state index is 0. The van der Waals surface area contributed by atoms with Gasteiger partial charge in [-0.15, -0.1) is 0 Å². The van der Waals surface area contributed by atoms with Crippen molar-refractivity contribution in [2.75, 3.05) is 0 Å². The van der Waals surface area contributed by atoms with Gasteiger partial charge in [0.25, 0.3) is 0 Å². The van der Waals surface area contributed by atoms with Gasteiger partial charge in [0.1, 0.15) is 0 Å². The van der Waals surface area contributed by atoms with Crippen LogP contribution in [0, 0.1) is 0 Å². The summed E-state index contributed by atoms with van der Waals surface area (Å²) in [5.41, 5.74) is 0. The molecule has 0 bridgehead atoms. The van der Waals surface area contributed by atoms with Crippen LogP contribution in [-0.4, -0.2) is 20.3 Å². The van der Waals surface area contributed by atoms with E-state index in [0.29, 0.717) is 0 Å². The van der Waals surface area contributed by atoms with Crippen LogP contribution in [0.2, 0.25) is 0 Å². The first kappa shape index (κ1) is 22.6. The van der Waals surface area contributed by atoms with E-state index in [1.165, 1.54) is 10.3 Å². The average molecular weight is 333 g/mol. The van der Waals surface area contributed by atoms with Crippen molar-refractivity contribution in [1.82, 2.24) is 9.97 Å². The minimum absolute atomic E-state index is 0. The van der Waals surface area contributed by atoms with E-state index in [4.69, 9.17) is 10.8 Å². The van der Waals surface area contributed by atoms with E-state index in [-0.39, 0.29) is 16.8 Å². The fraction of sp³-hybridized carbons (Fsp3) is 0. The molecule has 0 unspecified atom stereocenters. The average Bonchev–Trinajstić information content (AvgIpc) is 2.45. The Morgan fingerprint density at radius 2 is 0.842 bits per heavy atom. The molecule has 19 heavy (non-hydrogen) atoms. The van der Waals surface area contributed by atoms with Gasteiger partial charge in [0.15, 0.2) is 0 Å². The summed E-state index contributed by atoms with van der Waals surface area (Å²) in [5, 5.41) is 16.9. The second kappa shape index (κ2) is 25.3. The van der Waals surface area contributed by atoms with Crippen molar-refractivity contribution in [2.24, 2.45) is 0 Å². The molecule has 2 rings (SSSR count). The molecule has 0 saturated carbocycles. The first-order valence-corrected chi connectivity index (χ1v) is 5.37. The Labute approximate surface area is 133 Å². The third-order valence-electron chi connectivity index (χ3n) is 1.13. The van der Waals surface area contributed by atoms with Gasteiger partial charge < -0.3 is 10.8 Å². The zero-order valence-corrected chi connectivity index (χ0v) is 12.4. The van der Waals surface area contributed by atoms with E-state index in [9.17, 15) is 0 Å². The number of hydrogen-bond acceptors (Lipinski definition) is 4. The number of hydrogen-bond donors (Lipinski definition) is 0. The molecular weight excluding hydrogens is 323 g/mol. The second-order valence-corrected chi connectivity index (χ2v) is 2.60. The number of aromatic nitrogens is 2. The van der Waals surface area contributed by atoms with Crippen LogP contribution in [0.3, 0.4) is 0 Å². The van der Waals surface area contributed by atoms with E-state index in [2.05, 4.69) is 34.4 Å². The molecule has 0 aliphatic heterocycles. The summed E-state index contributed by atoms with van der Waals surface area (Å²) < 4.78 is 0. The molecule has 2 aromatic rings. The monoisotopic (exact) mass is 333 g/mol. The summed E-state index contributed by atoms with van der Waals surface area (Å²) in [4.78, 5) is 7.57. The third-order valence-corrected chi connectivity index (χ3v) is 1.13. The number of nitrogens with zero attached hydrogens (tertiary/aromatic N) is 4. The van der Waals surface area contributed by atoms with Crippen LogP contribution in [-0.2, 0) is 16.8 Å². The summed E-state index contributed by atoms with van der Waals surface area (Å²) in [6.07, 6.45) is 7.00. The van der Waals surface area contributed by atoms with Gasteiger partial charge in [-0.3, -0.25) is 9.97 Å². The van der Waals surface area contributed by atoms with Gasteiger partial charge in [0.2, 0.25) is 0 Å². The van der Waals surface area contributed by atoms with Crippen molar-refractivity contribution in [2.45, 2.75) is 0 Å². The van der Waals surface area contributed by atoms with Gasteiger partial charge in [-0.1, -0.05) is 36.6 Å². The van der Waals surface area contributed by atoms with Crippen LogP contribution in [0.4, 0.5) is 0 Å². The molecule has 0 aromatic carbocycles. The van der Waals surface area contributed by atoms with Crippen molar-refractivity contribution < 1.29 is 16.8 Å². The topological polar surface area (TPSA) is 70.4 Å². The van der Waals surface area contributed by atoms with E-state index in [1.807, 2.05) is 36.4 Å². The standard InChI is InChI=1S/2C5H5N.2CNS.Co/c2*1-2-4-6-5-3-1;2*2-1-3;/h2*1-5H;;;/q;;2*-1;+3. The quantitative estimate of drug-likeness (QED) is 0.547. The van der Waals surface area contributed by atoms with Crippen molar-refractivity contribution in [1.29, 1.82) is 0 Å². The summed E-state index contributed by atoms with van der Waals surface area (Å²) in [6.45, 7) is 0. The van der Waals surface area contributed by atoms with E-state index < -0.39 is 0 Å². The summed E-state index contributed by atoms with van der Waals surface area (Å²) >= 11 is 7.40. The predicted molar refractivity (Wildman–Crippen MR) is 80.4 cm³/mol. The maximum atomic E-state index is 7.13. The molecule has 0 saturated heterocycles. The molecule has 98 valence electrons. The molecule has 0 fully saturated rings. The van der Waals surface area contributed by atoms with Crippen molar-refractivity contribution in [3.8, 4) is 0 Å². The van der Waals surface area contributed by atoms with E-state index >= 15 is 0 Å². The first-order chi connectivity index (χ1) is 8.83. The van der Waals surface area contributed by atoms with Crippen LogP contribution in [0.5, 0.6) is 0 Å². The Morgan fingerprint density at radius 3 is 0.895 bits per heavy atom. The number of isothiocyanates is 2. The maximum absolute atomic E-state index is 7.13. The molecular formula is C12H10CoN4S2+. The predicted octanol–water partition coefficient (Wildman–Crippen LogP) is 3.48. The Kier molecular flexibility index (Phi) is 30.1. The van der Waals surface area contributed by atoms with Crippen molar-refractivity contribution in [3.63, 3.8) is 0 Å². The van der Waals surface area contributed by atoms with E-state index in [0.717, 1.165) is 0 Å². The molecule has 0 N–H and O–H groups in total. The van der Waals surface area contributed by atoms with Crippen LogP contribution in [0.25, 0.3) is 10.8 Å². The van der Waals surface area contributed by atoms with Gasteiger partial charge in [-0.05, 0) is 24.3 Å². The summed E-state index contributed by atoms with van der Waals surface area (Å²) in [6, 6.07) is 11.4. The minimum Gasteiger partial charge on any atom is -0.753 e. The number of pyridine rings is 2. The molecule has 0 aliphatic rings. The fourth-order valence-corrected chi connectivity index (χ4v) is 0.625. The zero-order valence-electron chi connectivity index (χ0n) is 9.71.